The van der Waals surface area contributed by atoms with Gasteiger partial charge in [-0.3, -0.25) is 0 Å². The highest BCUT2D eigenvalue weighted by Gasteiger charge is 2.13. The molecule has 144 valence electrons. The molecule has 3 rings (SSSR count). The van der Waals surface area contributed by atoms with Gasteiger partial charge in [-0.05, 0) is 56.2 Å². The third-order valence-electron chi connectivity index (χ3n) is 4.01. The molecular weight excluding hydrogens is 376 g/mol. The van der Waals surface area contributed by atoms with Gasteiger partial charge in [0.25, 0.3) is 0 Å². The Morgan fingerprint density at radius 2 is 1.93 bits per heavy atom. The lowest BCUT2D eigenvalue weighted by Crippen LogP contribution is -2.08. The molecule has 0 saturated carbocycles. The van der Waals surface area contributed by atoms with E-state index in [9.17, 15) is 4.79 Å². The first kappa shape index (κ1) is 19.6. The van der Waals surface area contributed by atoms with Crippen LogP contribution in [0.3, 0.4) is 0 Å². The number of carbonyl (C=O) groups excluding carboxylic acids is 1. The van der Waals surface area contributed by atoms with Crippen molar-refractivity contribution in [2.75, 3.05) is 17.2 Å². The van der Waals surface area contributed by atoms with Gasteiger partial charge in [0.05, 0.1) is 28.6 Å². The van der Waals surface area contributed by atoms with Crippen molar-refractivity contribution < 1.29 is 9.53 Å². The number of para-hydroxylation sites is 1. The number of aryl methyl sites for hydroxylation is 2. The molecule has 0 aliphatic heterocycles. The van der Waals surface area contributed by atoms with E-state index in [1.165, 1.54) is 0 Å². The lowest BCUT2D eigenvalue weighted by molar-refractivity contribution is 0.0527. The predicted octanol–water partition coefficient (Wildman–Crippen LogP) is 5.41. The second-order valence-corrected chi connectivity index (χ2v) is 6.63. The summed E-state index contributed by atoms with van der Waals surface area (Å²) in [5.41, 5.74) is 3.89. The minimum atomic E-state index is -0.389. The monoisotopic (exact) mass is 396 g/mol. The van der Waals surface area contributed by atoms with E-state index >= 15 is 0 Å². The number of carbonyl (C=O) groups is 1. The number of halogens is 1. The highest BCUT2D eigenvalue weighted by atomic mass is 35.5. The van der Waals surface area contributed by atoms with E-state index in [1.807, 2.05) is 32.0 Å². The van der Waals surface area contributed by atoms with Crippen LogP contribution in [0.2, 0.25) is 5.02 Å². The molecule has 0 unspecified atom stereocenters. The number of nitrogens with zero attached hydrogens (tertiary/aromatic N) is 2. The molecule has 0 aliphatic carbocycles. The molecule has 28 heavy (non-hydrogen) atoms. The molecule has 0 bridgehead atoms. The maximum Gasteiger partial charge on any atom is 0.340 e. The average molecular weight is 397 g/mol. The number of hydrogen-bond acceptors (Lipinski definition) is 6. The molecule has 0 atom stereocenters. The molecule has 6 nitrogen and oxygen atoms in total. The summed E-state index contributed by atoms with van der Waals surface area (Å²) in [6.45, 7) is 6.05. The molecule has 0 spiro atoms. The summed E-state index contributed by atoms with van der Waals surface area (Å²) in [6.07, 6.45) is 1.63. The van der Waals surface area contributed by atoms with E-state index in [1.54, 1.807) is 37.4 Å². The smallest absolute Gasteiger partial charge is 0.340 e. The van der Waals surface area contributed by atoms with Gasteiger partial charge in [-0.25, -0.2) is 9.78 Å². The molecule has 0 radical (unpaired) electrons. The Morgan fingerprint density at radius 1 is 1.14 bits per heavy atom. The van der Waals surface area contributed by atoms with E-state index in [4.69, 9.17) is 16.3 Å². The Labute approximate surface area is 168 Å². The number of ether oxygens (including phenoxy) is 1. The van der Waals surface area contributed by atoms with Crippen molar-refractivity contribution in [3.8, 4) is 0 Å². The number of nitrogens with one attached hydrogen (secondary N) is 2. The summed E-state index contributed by atoms with van der Waals surface area (Å²) in [4.78, 5) is 20.9. The van der Waals surface area contributed by atoms with Crippen LogP contribution in [0.5, 0.6) is 0 Å². The van der Waals surface area contributed by atoms with Crippen LogP contribution in [0.4, 0.5) is 23.1 Å². The molecule has 0 fully saturated rings. The zero-order chi connectivity index (χ0) is 20.1. The van der Waals surface area contributed by atoms with Crippen molar-refractivity contribution in [1.29, 1.82) is 0 Å². The summed E-state index contributed by atoms with van der Waals surface area (Å²) >= 11 is 6.35. The van der Waals surface area contributed by atoms with Gasteiger partial charge >= 0.3 is 5.97 Å². The molecule has 7 heteroatoms. The number of anilines is 4. The fourth-order valence-electron chi connectivity index (χ4n) is 2.79. The Morgan fingerprint density at radius 3 is 2.68 bits per heavy atom. The lowest BCUT2D eigenvalue weighted by Gasteiger charge is -2.13. The van der Waals surface area contributed by atoms with Crippen LogP contribution in [-0.4, -0.2) is 22.5 Å². The quantitative estimate of drug-likeness (QED) is 0.542. The van der Waals surface area contributed by atoms with Gasteiger partial charge in [-0.1, -0.05) is 29.8 Å². The van der Waals surface area contributed by atoms with E-state index in [0.717, 1.165) is 16.8 Å². The zero-order valence-corrected chi connectivity index (χ0v) is 16.7. The molecule has 3 aromatic rings. The van der Waals surface area contributed by atoms with Crippen LogP contribution < -0.4 is 10.6 Å². The minimum absolute atomic E-state index is 0.311. The lowest BCUT2D eigenvalue weighted by atomic mass is 10.1. The van der Waals surface area contributed by atoms with Crippen LogP contribution in [-0.2, 0) is 4.74 Å². The zero-order valence-electron chi connectivity index (χ0n) is 15.9. The second kappa shape index (κ2) is 8.71. The van der Waals surface area contributed by atoms with Crippen LogP contribution in [0, 0.1) is 13.8 Å². The average Bonchev–Trinajstić information content (AvgIpc) is 2.65. The molecule has 0 aliphatic rings. The largest absolute Gasteiger partial charge is 0.462 e. The van der Waals surface area contributed by atoms with E-state index in [-0.39, 0.29) is 5.97 Å². The number of benzene rings is 2. The van der Waals surface area contributed by atoms with Crippen molar-refractivity contribution in [2.24, 2.45) is 0 Å². The summed E-state index contributed by atoms with van der Waals surface area (Å²) in [5, 5.41) is 6.92. The molecule has 2 aromatic carbocycles. The topological polar surface area (TPSA) is 76.1 Å². The van der Waals surface area contributed by atoms with Crippen molar-refractivity contribution in [3.05, 3.63) is 70.4 Å². The number of aromatic nitrogens is 2. The predicted molar refractivity (Wildman–Crippen MR) is 112 cm³/mol. The van der Waals surface area contributed by atoms with Crippen molar-refractivity contribution in [3.63, 3.8) is 0 Å². The first-order chi connectivity index (χ1) is 13.5. The molecule has 0 amide bonds. The van der Waals surface area contributed by atoms with Gasteiger partial charge in [-0.15, -0.1) is 0 Å². The van der Waals surface area contributed by atoms with Crippen LogP contribution in [0.1, 0.15) is 28.4 Å². The van der Waals surface area contributed by atoms with E-state index in [0.29, 0.717) is 34.6 Å². The van der Waals surface area contributed by atoms with E-state index < -0.39 is 0 Å². The summed E-state index contributed by atoms with van der Waals surface area (Å²) < 4.78 is 5.11. The fraction of sp³-hybridized carbons (Fsp3) is 0.190. The van der Waals surface area contributed by atoms with Gasteiger partial charge in [0, 0.05) is 6.20 Å². The van der Waals surface area contributed by atoms with E-state index in [2.05, 4.69) is 20.6 Å². The number of hydrogen-bond donors (Lipinski definition) is 2. The SMILES string of the molecule is CCOC(=O)c1ccccc1Nc1ccnc(Nc2c(C)cc(C)cc2Cl)n1. The highest BCUT2D eigenvalue weighted by molar-refractivity contribution is 6.33. The molecule has 1 aromatic heterocycles. The summed E-state index contributed by atoms with van der Waals surface area (Å²) in [5.74, 6) is 0.544. The maximum absolute atomic E-state index is 12.1. The maximum atomic E-state index is 12.1. The Balaban J connectivity index is 1.85. The molecular formula is C21H21ClN4O2. The normalized spacial score (nSPS) is 10.4. The Hall–Kier alpha value is -3.12. The van der Waals surface area contributed by atoms with Gasteiger partial charge < -0.3 is 15.4 Å². The minimum Gasteiger partial charge on any atom is -0.462 e. The van der Waals surface area contributed by atoms with Crippen LogP contribution >= 0.6 is 11.6 Å². The van der Waals surface area contributed by atoms with Gasteiger partial charge in [-0.2, -0.15) is 4.98 Å². The van der Waals surface area contributed by atoms with Crippen molar-refractivity contribution >= 4 is 40.7 Å². The van der Waals surface area contributed by atoms with Gasteiger partial charge in [0.2, 0.25) is 5.95 Å². The second-order valence-electron chi connectivity index (χ2n) is 6.22. The standard InChI is InChI=1S/C21H21ClN4O2/c1-4-28-20(27)15-7-5-6-8-17(15)24-18-9-10-23-21(25-18)26-19-14(3)11-13(2)12-16(19)22/h5-12H,4H2,1-3H3,(H2,23,24,25,26). The van der Waals surface area contributed by atoms with Crippen molar-refractivity contribution in [2.45, 2.75) is 20.8 Å². The first-order valence-corrected chi connectivity index (χ1v) is 9.25. The number of rotatable bonds is 6. The highest BCUT2D eigenvalue weighted by Crippen LogP contribution is 2.29. The Kier molecular flexibility index (Phi) is 6.11. The first-order valence-electron chi connectivity index (χ1n) is 8.88. The Bertz CT molecular complexity index is 984. The summed E-state index contributed by atoms with van der Waals surface area (Å²) in [7, 11) is 0. The summed E-state index contributed by atoms with van der Waals surface area (Å²) in [6, 6.07) is 12.8. The van der Waals surface area contributed by atoms with Crippen molar-refractivity contribution in [1.82, 2.24) is 9.97 Å². The van der Waals surface area contributed by atoms with Gasteiger partial charge in [0.15, 0.2) is 0 Å². The van der Waals surface area contributed by atoms with Crippen LogP contribution in [0.25, 0.3) is 0 Å². The number of esters is 1. The third-order valence-corrected chi connectivity index (χ3v) is 4.31. The molecule has 1 heterocycles. The van der Waals surface area contributed by atoms with Crippen LogP contribution in [0.15, 0.2) is 48.7 Å². The molecule has 2 N–H and O–H groups in total. The molecule has 0 saturated heterocycles. The third kappa shape index (κ3) is 4.58. The fourth-order valence-corrected chi connectivity index (χ4v) is 3.16. The van der Waals surface area contributed by atoms with Gasteiger partial charge in [0.1, 0.15) is 5.82 Å².